The lowest BCUT2D eigenvalue weighted by Crippen LogP contribution is -2.62. The monoisotopic (exact) mass is 697 g/mol. The van der Waals surface area contributed by atoms with Gasteiger partial charge in [0.1, 0.15) is 24.7 Å². The van der Waals surface area contributed by atoms with Crippen LogP contribution in [-0.4, -0.2) is 35.8 Å². The van der Waals surface area contributed by atoms with Crippen molar-refractivity contribution in [3.63, 3.8) is 0 Å². The van der Waals surface area contributed by atoms with Gasteiger partial charge in [-0.2, -0.15) is 0 Å². The van der Waals surface area contributed by atoms with E-state index in [0.29, 0.717) is 11.5 Å². The molecule has 1 fully saturated rings. The Morgan fingerprint density at radius 3 is 1.33 bits per heavy atom. The Labute approximate surface area is 302 Å². The molecule has 264 valence electrons. The first-order valence-electron chi connectivity index (χ1n) is 17.0. The van der Waals surface area contributed by atoms with Crippen LogP contribution in [0.4, 0.5) is 0 Å². The van der Waals surface area contributed by atoms with E-state index in [1.54, 1.807) is 29.2 Å². The molecule has 5 aromatic rings. The Bertz CT molecular complexity index is 1940. The molecule has 9 nitrogen and oxygen atoms in total. The zero-order valence-electron chi connectivity index (χ0n) is 28.7. The normalized spacial score (nSPS) is 17.6. The highest BCUT2D eigenvalue weighted by molar-refractivity contribution is 5.99. The van der Waals surface area contributed by atoms with Gasteiger partial charge < -0.3 is 23.8 Å². The average Bonchev–Trinajstić information content (AvgIpc) is 3.18. The van der Waals surface area contributed by atoms with Crippen LogP contribution in [0.15, 0.2) is 146 Å². The first-order valence-corrected chi connectivity index (χ1v) is 17.0. The number of carbonyl (C=O) groups is 4. The van der Waals surface area contributed by atoms with Crippen LogP contribution < -0.4 is 4.74 Å². The summed E-state index contributed by atoms with van der Waals surface area (Å²) in [5.74, 6) is -6.60. The summed E-state index contributed by atoms with van der Waals surface area (Å²) in [5.41, 5.74) is 3.10. The third kappa shape index (κ3) is 8.73. The number of nitrogens with zero attached hydrogens (tertiary/aromatic N) is 1. The molecule has 0 spiro atoms. The first kappa shape index (κ1) is 35.6. The van der Waals surface area contributed by atoms with Crippen molar-refractivity contribution in [2.75, 3.05) is 7.11 Å². The van der Waals surface area contributed by atoms with E-state index in [2.05, 4.69) is 0 Å². The zero-order chi connectivity index (χ0) is 36.3. The molecule has 6 rings (SSSR count). The van der Waals surface area contributed by atoms with Gasteiger partial charge in [-0.1, -0.05) is 121 Å². The average molecular weight is 698 g/mol. The van der Waals surface area contributed by atoms with Crippen LogP contribution in [0, 0.1) is 23.7 Å². The second-order valence-electron chi connectivity index (χ2n) is 12.6. The maximum Gasteiger partial charge on any atom is 0.311 e. The molecule has 4 unspecified atom stereocenters. The molecule has 0 saturated heterocycles. The van der Waals surface area contributed by atoms with Gasteiger partial charge in [-0.05, 0) is 46.5 Å². The van der Waals surface area contributed by atoms with Crippen LogP contribution in [-0.2, 0) is 59.7 Å². The number of ether oxygens (including phenoxy) is 4. The van der Waals surface area contributed by atoms with Crippen molar-refractivity contribution in [1.29, 1.82) is 0 Å². The quantitative estimate of drug-likeness (QED) is 0.0890. The second-order valence-corrected chi connectivity index (χ2v) is 12.6. The van der Waals surface area contributed by atoms with Crippen molar-refractivity contribution in [2.45, 2.75) is 26.3 Å². The molecule has 52 heavy (non-hydrogen) atoms. The van der Waals surface area contributed by atoms with E-state index in [0.717, 1.165) is 22.3 Å². The van der Waals surface area contributed by atoms with Crippen LogP contribution in [0.1, 0.15) is 22.3 Å². The summed E-state index contributed by atoms with van der Waals surface area (Å²) in [4.78, 5) is 57.4. The molecular weight excluding hydrogens is 658 g/mol. The highest BCUT2D eigenvalue weighted by Gasteiger charge is 2.65. The van der Waals surface area contributed by atoms with E-state index < -0.39 is 47.5 Å². The van der Waals surface area contributed by atoms with E-state index >= 15 is 0 Å². The smallest absolute Gasteiger partial charge is 0.311 e. The summed E-state index contributed by atoms with van der Waals surface area (Å²) in [7, 11) is 1.19. The van der Waals surface area contributed by atoms with Crippen LogP contribution in [0.3, 0.4) is 0 Å². The molecular formula is C43H39NO8. The third-order valence-corrected chi connectivity index (χ3v) is 9.10. The minimum absolute atomic E-state index is 0.0709. The van der Waals surface area contributed by atoms with Crippen molar-refractivity contribution in [2.24, 2.45) is 23.7 Å². The minimum Gasteiger partial charge on any atom is -0.469 e. The van der Waals surface area contributed by atoms with Crippen molar-refractivity contribution in [3.05, 3.63) is 168 Å². The van der Waals surface area contributed by atoms with E-state index in [1.165, 1.54) is 7.11 Å². The van der Waals surface area contributed by atoms with E-state index in [-0.39, 0.29) is 26.3 Å². The highest BCUT2D eigenvalue weighted by atomic mass is 16.5. The molecule has 0 bridgehead atoms. The molecule has 0 aliphatic heterocycles. The van der Waals surface area contributed by atoms with Gasteiger partial charge >= 0.3 is 17.9 Å². The van der Waals surface area contributed by atoms with Crippen molar-refractivity contribution >= 4 is 23.8 Å². The molecule has 0 radical (unpaired) electrons. The number of rotatable bonds is 14. The van der Waals surface area contributed by atoms with Gasteiger partial charge in [0.15, 0.2) is 0 Å². The summed E-state index contributed by atoms with van der Waals surface area (Å²) < 4.78 is 22.4. The van der Waals surface area contributed by atoms with Crippen LogP contribution in [0.5, 0.6) is 11.5 Å². The minimum atomic E-state index is -1.29. The topological polar surface area (TPSA) is 108 Å². The maximum atomic E-state index is 14.7. The Morgan fingerprint density at radius 2 is 0.846 bits per heavy atom. The largest absolute Gasteiger partial charge is 0.469 e. The Morgan fingerprint density at radius 1 is 0.462 bits per heavy atom. The van der Waals surface area contributed by atoms with Crippen molar-refractivity contribution in [1.82, 2.24) is 4.90 Å². The SMILES string of the molecule is COC(=O)C1C(C(=O)OCc2ccccc2)C(C(=O)OCc2ccccc2)C1C(=O)N(Cc1ccccc1)Cc1ccc(Oc2ccccc2)cc1. The summed E-state index contributed by atoms with van der Waals surface area (Å²) in [5, 5.41) is 0. The van der Waals surface area contributed by atoms with Gasteiger partial charge in [0.25, 0.3) is 0 Å². The summed E-state index contributed by atoms with van der Waals surface area (Å²) in [6.45, 7) is 0.190. The predicted octanol–water partition coefficient (Wildman–Crippen LogP) is 7.15. The molecule has 0 N–H and O–H groups in total. The number of hydrogen-bond acceptors (Lipinski definition) is 8. The van der Waals surface area contributed by atoms with Gasteiger partial charge in [0.05, 0.1) is 30.8 Å². The Kier molecular flexibility index (Phi) is 11.7. The fourth-order valence-corrected chi connectivity index (χ4v) is 6.46. The van der Waals surface area contributed by atoms with Crippen molar-refractivity contribution in [3.8, 4) is 11.5 Å². The van der Waals surface area contributed by atoms with Gasteiger partial charge in [0.2, 0.25) is 5.91 Å². The molecule has 1 saturated carbocycles. The summed E-state index contributed by atoms with van der Waals surface area (Å²) in [6.07, 6.45) is 0. The summed E-state index contributed by atoms with van der Waals surface area (Å²) in [6, 6.07) is 44.3. The molecule has 1 amide bonds. The fraction of sp³-hybridized carbons (Fsp3) is 0.209. The molecule has 1 aliphatic rings. The first-order chi connectivity index (χ1) is 25.4. The van der Waals surface area contributed by atoms with Crippen molar-refractivity contribution < 1.29 is 38.1 Å². The number of benzene rings is 5. The van der Waals surface area contributed by atoms with E-state index in [1.807, 2.05) is 121 Å². The number of esters is 3. The van der Waals surface area contributed by atoms with Crippen LogP contribution in [0.2, 0.25) is 0 Å². The lowest BCUT2D eigenvalue weighted by Gasteiger charge is -2.47. The number of hydrogen-bond donors (Lipinski definition) is 0. The van der Waals surface area contributed by atoms with Crippen LogP contribution >= 0.6 is 0 Å². The van der Waals surface area contributed by atoms with E-state index in [4.69, 9.17) is 18.9 Å². The second kappa shape index (κ2) is 17.1. The fourth-order valence-electron chi connectivity index (χ4n) is 6.46. The molecule has 4 atom stereocenters. The standard InChI is InChI=1S/C43H39NO8/c1-49-41(46)37-36(38(42(47)50-28-32-16-8-3-9-17-32)39(37)43(48)51-29-33-18-10-4-11-19-33)40(45)44(26-30-14-6-2-7-15-30)27-31-22-24-35(25-23-31)52-34-20-12-5-13-21-34/h2-25,36-39H,26-29H2,1H3. The predicted molar refractivity (Wildman–Crippen MR) is 192 cm³/mol. The number of carbonyl (C=O) groups excluding carboxylic acids is 4. The van der Waals surface area contributed by atoms with Gasteiger partial charge in [-0.3, -0.25) is 19.2 Å². The summed E-state index contributed by atoms with van der Waals surface area (Å²) >= 11 is 0. The molecule has 5 aromatic carbocycles. The van der Waals surface area contributed by atoms with E-state index in [9.17, 15) is 19.2 Å². The number of amides is 1. The lowest BCUT2D eigenvalue weighted by atomic mass is 9.55. The highest BCUT2D eigenvalue weighted by Crippen LogP contribution is 2.50. The Balaban J connectivity index is 1.29. The number of para-hydroxylation sites is 1. The number of methoxy groups -OCH3 is 1. The third-order valence-electron chi connectivity index (χ3n) is 9.10. The van der Waals surface area contributed by atoms with Crippen LogP contribution in [0.25, 0.3) is 0 Å². The van der Waals surface area contributed by atoms with Gasteiger partial charge in [0, 0.05) is 13.1 Å². The molecule has 9 heteroatoms. The molecule has 0 aromatic heterocycles. The maximum absolute atomic E-state index is 14.7. The van der Waals surface area contributed by atoms with Gasteiger partial charge in [-0.15, -0.1) is 0 Å². The van der Waals surface area contributed by atoms with Gasteiger partial charge in [-0.25, -0.2) is 0 Å². The lowest BCUT2D eigenvalue weighted by molar-refractivity contribution is -0.196. The molecule has 0 heterocycles. The molecule has 1 aliphatic carbocycles. The Hall–Kier alpha value is -6.22. The zero-order valence-corrected chi connectivity index (χ0v) is 28.7.